The molecule has 318 valence electrons. The van der Waals surface area contributed by atoms with E-state index in [1.165, 1.54) is 0 Å². The number of fused-ring (bicyclic) bond motifs is 3. The van der Waals surface area contributed by atoms with Gasteiger partial charge in [0.1, 0.15) is 0 Å². The van der Waals surface area contributed by atoms with Crippen molar-refractivity contribution >= 4 is 45.4 Å². The van der Waals surface area contributed by atoms with Gasteiger partial charge in [-0.05, 0) is 96.8 Å². The zero-order valence-corrected chi connectivity index (χ0v) is 36.2. The summed E-state index contributed by atoms with van der Waals surface area (Å²) in [6, 6.07) is 36.7. The van der Waals surface area contributed by atoms with Crippen molar-refractivity contribution in [1.29, 1.82) is 0 Å². The number of nitrogens with zero attached hydrogens (tertiary/aromatic N) is 10. The number of pyridine rings is 2. The molecule has 0 aliphatic carbocycles. The zero-order chi connectivity index (χ0) is 43.1. The molecule has 2 aliphatic rings. The average Bonchev–Trinajstić information content (AvgIpc) is 4.19. The first-order valence-corrected chi connectivity index (χ1v) is 20.6. The molecule has 0 saturated carbocycles. The summed E-state index contributed by atoms with van der Waals surface area (Å²) in [4.78, 5) is 34.6. The predicted molar refractivity (Wildman–Crippen MR) is 253 cm³/mol. The Morgan fingerprint density at radius 3 is 1.31 bits per heavy atom. The number of hydrogen-bond donors (Lipinski definition) is 0. The van der Waals surface area contributed by atoms with Crippen molar-refractivity contribution in [2.75, 3.05) is 13.2 Å². The summed E-state index contributed by atoms with van der Waals surface area (Å²) in [7, 11) is 0. The van der Waals surface area contributed by atoms with Gasteiger partial charge in [-0.15, -0.1) is 11.4 Å². The number of aliphatic imine (C=N–C) groups is 2. The van der Waals surface area contributed by atoms with Crippen molar-refractivity contribution in [2.45, 2.75) is 13.8 Å². The summed E-state index contributed by atoms with van der Waals surface area (Å²) < 4.78 is 8.79. The minimum atomic E-state index is 0. The number of hydrogen-bond acceptors (Lipinski definition) is 7. The van der Waals surface area contributed by atoms with Crippen molar-refractivity contribution in [3.63, 3.8) is 0 Å². The maximum Gasteiger partial charge on any atom is 2.00 e. The van der Waals surface area contributed by atoms with Gasteiger partial charge in [-0.3, -0.25) is 20.0 Å². The molecule has 0 fully saturated rings. The van der Waals surface area contributed by atoms with Gasteiger partial charge in [0, 0.05) is 85.0 Å². The fourth-order valence-corrected chi connectivity index (χ4v) is 6.96. The van der Waals surface area contributed by atoms with E-state index in [9.17, 15) is 0 Å². The van der Waals surface area contributed by atoms with Crippen LogP contribution in [0.5, 0.6) is 0 Å². The van der Waals surface area contributed by atoms with Crippen LogP contribution in [0.25, 0.3) is 44.3 Å². The molecule has 0 bridgehead atoms. The Bertz CT molecular complexity index is 2780. The fourth-order valence-electron chi connectivity index (χ4n) is 6.96. The molecule has 0 saturated heterocycles. The first-order chi connectivity index (χ1) is 31.2. The van der Waals surface area contributed by atoms with E-state index in [4.69, 9.17) is 4.74 Å². The smallest absolute Gasteiger partial charge is 0.664 e. The maximum absolute atomic E-state index is 4.83. The van der Waals surface area contributed by atoms with Crippen LogP contribution in [0.3, 0.4) is 0 Å². The van der Waals surface area contributed by atoms with Crippen LogP contribution in [-0.2, 0) is 21.2 Å². The molecule has 0 unspecified atom stereocenters. The Kier molecular flexibility index (Phi) is 15.5. The van der Waals surface area contributed by atoms with Crippen LogP contribution in [0, 0.1) is 0 Å². The maximum atomic E-state index is 4.83. The number of rotatable bonds is 8. The minimum Gasteiger partial charge on any atom is -0.664 e. The van der Waals surface area contributed by atoms with Crippen molar-refractivity contribution < 1.29 is 21.2 Å². The zero-order valence-electron chi connectivity index (χ0n) is 35.2. The van der Waals surface area contributed by atoms with Crippen LogP contribution in [0.4, 0.5) is 0 Å². The van der Waals surface area contributed by atoms with Gasteiger partial charge in [0.2, 0.25) is 0 Å². The van der Waals surface area contributed by atoms with Crippen molar-refractivity contribution in [3.8, 4) is 11.4 Å². The Morgan fingerprint density at radius 1 is 0.531 bits per heavy atom. The van der Waals surface area contributed by atoms with Gasteiger partial charge >= 0.3 is 16.5 Å². The van der Waals surface area contributed by atoms with E-state index in [1.807, 2.05) is 96.1 Å². The van der Waals surface area contributed by atoms with E-state index >= 15 is 0 Å². The van der Waals surface area contributed by atoms with Crippen molar-refractivity contribution in [3.05, 3.63) is 230 Å². The summed E-state index contributed by atoms with van der Waals surface area (Å²) >= 11 is 0. The fraction of sp³-hybridized carbons (Fsp3) is 0.0769. The summed E-state index contributed by atoms with van der Waals surface area (Å²) in [5, 5.41) is 2.28. The molecule has 3 aromatic carbocycles. The second-order valence-corrected chi connectivity index (χ2v) is 13.9. The summed E-state index contributed by atoms with van der Waals surface area (Å²) in [6.45, 7) is 5.67. The molecule has 8 heterocycles. The quantitative estimate of drug-likeness (QED) is 0.110. The Balaban J connectivity index is 0.000000138. The van der Waals surface area contributed by atoms with E-state index in [0.29, 0.717) is 0 Å². The van der Waals surface area contributed by atoms with Gasteiger partial charge < -0.3 is 23.8 Å². The van der Waals surface area contributed by atoms with Gasteiger partial charge in [0.25, 0.3) is 0 Å². The SMILES string of the molecule is C1=C/C(=C(\c2ccc(-n3ccnc3)cc2)c2ccc[n-]2)N=C1.C1=C/C(=C(\c2ccc(-n3ccnc3)cc2)c2ccc[n-]2)N=C1.CCOCC.[Ni+2].c1cnc2c(c1)ccc1cccnc12. The Morgan fingerprint density at radius 2 is 0.984 bits per heavy atom. The number of imidazole rings is 2. The summed E-state index contributed by atoms with van der Waals surface area (Å²) in [5.74, 6) is 0. The molecule has 0 amide bonds. The molecular weight excluding hydrogens is 839 g/mol. The molecule has 11 nitrogen and oxygen atoms in total. The molecular formula is C52H44N10NiO. The van der Waals surface area contributed by atoms with E-state index < -0.39 is 0 Å². The Hall–Kier alpha value is -7.79. The van der Waals surface area contributed by atoms with Crippen LogP contribution in [0.2, 0.25) is 0 Å². The third kappa shape index (κ3) is 10.8. The van der Waals surface area contributed by atoms with Crippen LogP contribution in [0.15, 0.2) is 217 Å². The molecule has 9 aromatic rings. The number of aromatic nitrogens is 8. The second kappa shape index (κ2) is 22.3. The third-order valence-electron chi connectivity index (χ3n) is 9.91. The minimum absolute atomic E-state index is 0. The first kappa shape index (κ1) is 44.3. The largest absolute Gasteiger partial charge is 2.00 e. The summed E-state index contributed by atoms with van der Waals surface area (Å²) in [6.07, 6.45) is 29.7. The van der Waals surface area contributed by atoms with Crippen LogP contribution < -0.4 is 9.97 Å². The van der Waals surface area contributed by atoms with Gasteiger partial charge in [0.15, 0.2) is 0 Å². The van der Waals surface area contributed by atoms with E-state index in [1.54, 1.807) is 62.3 Å². The first-order valence-electron chi connectivity index (χ1n) is 20.6. The van der Waals surface area contributed by atoms with E-state index in [-0.39, 0.29) is 16.5 Å². The number of benzene rings is 3. The van der Waals surface area contributed by atoms with E-state index in [2.05, 4.69) is 113 Å². The van der Waals surface area contributed by atoms with Crippen molar-refractivity contribution in [1.82, 2.24) is 39.0 Å². The predicted octanol–water partition coefficient (Wildman–Crippen LogP) is 10.3. The van der Waals surface area contributed by atoms with Gasteiger partial charge in [-0.1, -0.05) is 72.8 Å². The second-order valence-electron chi connectivity index (χ2n) is 13.9. The van der Waals surface area contributed by atoms with Crippen LogP contribution >= 0.6 is 0 Å². The molecule has 6 aromatic heterocycles. The van der Waals surface area contributed by atoms with Crippen molar-refractivity contribution in [2.24, 2.45) is 9.98 Å². The molecule has 0 radical (unpaired) electrons. The molecule has 11 rings (SSSR count). The van der Waals surface area contributed by atoms with Gasteiger partial charge in [-0.25, -0.2) is 9.97 Å². The monoisotopic (exact) mass is 882 g/mol. The Labute approximate surface area is 382 Å². The third-order valence-corrected chi connectivity index (χ3v) is 9.91. The molecule has 12 heteroatoms. The van der Waals surface area contributed by atoms with Crippen LogP contribution in [-0.4, -0.2) is 54.7 Å². The molecule has 2 aliphatic heterocycles. The molecule has 0 atom stereocenters. The number of ether oxygens (including phenoxy) is 1. The van der Waals surface area contributed by atoms with E-state index in [0.717, 1.165) is 91.4 Å². The topological polar surface area (TPSA) is 124 Å². The standard InChI is InChI=1S/2C18H13N4.C12H8N2.C4H10O.Ni/c2*1-3-16(20-9-1)18(17-4-2-10-21-17)14-5-7-15(8-6-14)22-12-11-19-13-22;1-3-9-5-6-10-4-2-8-14-12(10)11(9)13-7-1;1-3-5-4-2;/h2*1-13H;1-8H;3-4H2,1-2H3;/q2*-1;;;+2/b2*18-16-;;;. The normalized spacial score (nSPS) is 13.7. The number of allylic oxidation sites excluding steroid dienone is 4. The molecule has 0 spiro atoms. The van der Waals surface area contributed by atoms with Crippen LogP contribution in [0.1, 0.15) is 36.4 Å². The average molecular weight is 884 g/mol. The molecule has 0 N–H and O–H groups in total. The molecule has 64 heavy (non-hydrogen) atoms. The van der Waals surface area contributed by atoms with Gasteiger partial charge in [0.05, 0.1) is 35.1 Å². The van der Waals surface area contributed by atoms with Gasteiger partial charge in [-0.2, -0.15) is 12.4 Å². The summed E-state index contributed by atoms with van der Waals surface area (Å²) in [5.41, 5.74) is 12.2.